The highest BCUT2D eigenvalue weighted by atomic mass is 19.3. The lowest BCUT2D eigenvalue weighted by atomic mass is 9.95. The number of alkyl halides is 2. The zero-order valence-electron chi connectivity index (χ0n) is 7.84. The SMILES string of the molecule is Nc1cccc(C2CCCC2(F)F)c1. The van der Waals surface area contributed by atoms with E-state index in [0.29, 0.717) is 24.1 Å². The molecule has 1 aliphatic rings. The van der Waals surface area contributed by atoms with Crippen LogP contribution in [0.25, 0.3) is 0 Å². The van der Waals surface area contributed by atoms with Crippen LogP contribution >= 0.6 is 0 Å². The van der Waals surface area contributed by atoms with Crippen molar-refractivity contribution in [1.29, 1.82) is 0 Å². The highest BCUT2D eigenvalue weighted by Gasteiger charge is 2.44. The summed E-state index contributed by atoms with van der Waals surface area (Å²) in [6.07, 6.45) is 1.18. The monoisotopic (exact) mass is 197 g/mol. The molecular formula is C11H13F2N. The van der Waals surface area contributed by atoms with E-state index in [4.69, 9.17) is 5.73 Å². The number of hydrogen-bond donors (Lipinski definition) is 1. The van der Waals surface area contributed by atoms with Gasteiger partial charge >= 0.3 is 0 Å². The van der Waals surface area contributed by atoms with Gasteiger partial charge in [0.15, 0.2) is 0 Å². The van der Waals surface area contributed by atoms with E-state index in [1.807, 2.05) is 0 Å². The van der Waals surface area contributed by atoms with Crippen molar-refractivity contribution in [3.63, 3.8) is 0 Å². The minimum absolute atomic E-state index is 0.00641. The van der Waals surface area contributed by atoms with Crippen LogP contribution in [0.2, 0.25) is 0 Å². The predicted octanol–water partition coefficient (Wildman–Crippen LogP) is 3.17. The number of nitrogen functional groups attached to an aromatic ring is 1. The van der Waals surface area contributed by atoms with Gasteiger partial charge in [0.05, 0.1) is 0 Å². The molecule has 2 rings (SSSR count). The minimum Gasteiger partial charge on any atom is -0.399 e. The molecule has 14 heavy (non-hydrogen) atoms. The van der Waals surface area contributed by atoms with E-state index in [2.05, 4.69) is 0 Å². The van der Waals surface area contributed by atoms with Gasteiger partial charge in [-0.2, -0.15) is 0 Å². The molecule has 0 bridgehead atoms. The van der Waals surface area contributed by atoms with Crippen molar-refractivity contribution in [3.05, 3.63) is 29.8 Å². The molecule has 1 fully saturated rings. The van der Waals surface area contributed by atoms with Gasteiger partial charge in [0, 0.05) is 18.0 Å². The van der Waals surface area contributed by atoms with Crippen LogP contribution in [0.1, 0.15) is 30.7 Å². The zero-order valence-corrected chi connectivity index (χ0v) is 7.84. The van der Waals surface area contributed by atoms with Gasteiger partial charge in [-0.1, -0.05) is 12.1 Å². The second kappa shape index (κ2) is 3.23. The molecular weight excluding hydrogens is 184 g/mol. The summed E-state index contributed by atoms with van der Waals surface area (Å²) in [5.74, 6) is -3.18. The molecule has 0 heterocycles. The summed E-state index contributed by atoms with van der Waals surface area (Å²) < 4.78 is 26.8. The summed E-state index contributed by atoms with van der Waals surface area (Å²) in [5, 5.41) is 0. The maximum Gasteiger partial charge on any atom is 0.254 e. The molecule has 0 spiro atoms. The Hall–Kier alpha value is -1.12. The van der Waals surface area contributed by atoms with Gasteiger partial charge in [-0.05, 0) is 30.5 Å². The summed E-state index contributed by atoms with van der Waals surface area (Å²) in [6.45, 7) is 0. The predicted molar refractivity (Wildman–Crippen MR) is 52.4 cm³/mol. The number of benzene rings is 1. The molecule has 1 nitrogen and oxygen atoms in total. The van der Waals surface area contributed by atoms with Gasteiger partial charge in [0.2, 0.25) is 0 Å². The summed E-state index contributed by atoms with van der Waals surface area (Å²) in [7, 11) is 0. The number of hydrogen-bond acceptors (Lipinski definition) is 1. The van der Waals surface area contributed by atoms with E-state index in [9.17, 15) is 8.78 Å². The molecule has 0 radical (unpaired) electrons. The average Bonchev–Trinajstić information content (AvgIpc) is 2.45. The van der Waals surface area contributed by atoms with Gasteiger partial charge in [-0.3, -0.25) is 0 Å². The lowest BCUT2D eigenvalue weighted by Gasteiger charge is -2.19. The lowest BCUT2D eigenvalue weighted by molar-refractivity contribution is -0.00893. The van der Waals surface area contributed by atoms with Crippen LogP contribution in [0, 0.1) is 0 Å². The molecule has 1 unspecified atom stereocenters. The standard InChI is InChI=1S/C11H13F2N/c12-11(13)6-2-5-10(11)8-3-1-4-9(14)7-8/h1,3-4,7,10H,2,5-6,14H2. The first-order valence-corrected chi connectivity index (χ1v) is 4.83. The third-order valence-corrected chi connectivity index (χ3v) is 2.83. The largest absolute Gasteiger partial charge is 0.399 e. The van der Waals surface area contributed by atoms with Crippen LogP contribution in [0.5, 0.6) is 0 Å². The molecule has 0 aromatic heterocycles. The van der Waals surface area contributed by atoms with Gasteiger partial charge in [0.1, 0.15) is 0 Å². The molecule has 0 aliphatic heterocycles. The molecule has 1 aromatic carbocycles. The molecule has 0 saturated heterocycles. The summed E-state index contributed by atoms with van der Waals surface area (Å²) in [4.78, 5) is 0. The Kier molecular flexibility index (Phi) is 2.17. The van der Waals surface area contributed by atoms with Crippen LogP contribution in [-0.2, 0) is 0 Å². The van der Waals surface area contributed by atoms with Crippen molar-refractivity contribution in [1.82, 2.24) is 0 Å². The topological polar surface area (TPSA) is 26.0 Å². The molecule has 3 heteroatoms. The van der Waals surface area contributed by atoms with E-state index in [1.165, 1.54) is 0 Å². The Labute approximate surface area is 81.9 Å². The molecule has 76 valence electrons. The number of anilines is 1. The van der Waals surface area contributed by atoms with Gasteiger partial charge in [-0.25, -0.2) is 8.78 Å². The molecule has 1 aliphatic carbocycles. The average molecular weight is 197 g/mol. The van der Waals surface area contributed by atoms with E-state index in [-0.39, 0.29) is 6.42 Å². The minimum atomic E-state index is -2.55. The Morgan fingerprint density at radius 1 is 1.36 bits per heavy atom. The van der Waals surface area contributed by atoms with E-state index in [0.717, 1.165) is 0 Å². The molecule has 2 N–H and O–H groups in total. The molecule has 0 amide bonds. The Morgan fingerprint density at radius 3 is 2.71 bits per heavy atom. The molecule has 1 saturated carbocycles. The van der Waals surface area contributed by atoms with Crippen molar-refractivity contribution in [2.75, 3.05) is 5.73 Å². The van der Waals surface area contributed by atoms with Crippen LogP contribution in [0.15, 0.2) is 24.3 Å². The highest BCUT2D eigenvalue weighted by Crippen LogP contribution is 2.46. The van der Waals surface area contributed by atoms with Crippen molar-refractivity contribution < 1.29 is 8.78 Å². The van der Waals surface area contributed by atoms with Gasteiger partial charge < -0.3 is 5.73 Å². The third kappa shape index (κ3) is 1.59. The van der Waals surface area contributed by atoms with E-state index in [1.54, 1.807) is 24.3 Å². The quantitative estimate of drug-likeness (QED) is 0.687. The van der Waals surface area contributed by atoms with Crippen molar-refractivity contribution in [2.45, 2.75) is 31.1 Å². The smallest absolute Gasteiger partial charge is 0.254 e. The second-order valence-electron chi connectivity index (χ2n) is 3.88. The fourth-order valence-electron chi connectivity index (χ4n) is 2.11. The first-order chi connectivity index (χ1) is 6.59. The lowest BCUT2D eigenvalue weighted by Crippen LogP contribution is -2.19. The first kappa shape index (κ1) is 9.44. The molecule has 1 atom stereocenters. The van der Waals surface area contributed by atoms with Crippen LogP contribution in [-0.4, -0.2) is 5.92 Å². The Morgan fingerprint density at radius 2 is 2.14 bits per heavy atom. The number of rotatable bonds is 1. The fourth-order valence-corrected chi connectivity index (χ4v) is 2.11. The van der Waals surface area contributed by atoms with E-state index < -0.39 is 11.8 Å². The van der Waals surface area contributed by atoms with Crippen molar-refractivity contribution in [2.24, 2.45) is 0 Å². The van der Waals surface area contributed by atoms with Crippen LogP contribution in [0.3, 0.4) is 0 Å². The van der Waals surface area contributed by atoms with Crippen molar-refractivity contribution >= 4 is 5.69 Å². The van der Waals surface area contributed by atoms with Crippen LogP contribution in [0.4, 0.5) is 14.5 Å². The maximum atomic E-state index is 13.4. The summed E-state index contributed by atoms with van der Waals surface area (Å²) in [5.41, 5.74) is 6.80. The third-order valence-electron chi connectivity index (χ3n) is 2.83. The zero-order chi connectivity index (χ0) is 10.2. The highest BCUT2D eigenvalue weighted by molar-refractivity contribution is 5.42. The molecule has 1 aromatic rings. The number of nitrogens with two attached hydrogens (primary N) is 1. The number of halogens is 2. The summed E-state index contributed by atoms with van der Waals surface area (Å²) >= 11 is 0. The second-order valence-corrected chi connectivity index (χ2v) is 3.88. The van der Waals surface area contributed by atoms with Crippen LogP contribution < -0.4 is 5.73 Å². The summed E-state index contributed by atoms with van der Waals surface area (Å²) in [6, 6.07) is 6.85. The van der Waals surface area contributed by atoms with E-state index >= 15 is 0 Å². The maximum absolute atomic E-state index is 13.4. The normalized spacial score (nSPS) is 25.1. The van der Waals surface area contributed by atoms with Crippen molar-refractivity contribution in [3.8, 4) is 0 Å². The van der Waals surface area contributed by atoms with Gasteiger partial charge in [-0.15, -0.1) is 0 Å². The fraction of sp³-hybridized carbons (Fsp3) is 0.455. The Balaban J connectivity index is 2.31. The Bertz CT molecular complexity index is 336. The first-order valence-electron chi connectivity index (χ1n) is 4.83. The van der Waals surface area contributed by atoms with Gasteiger partial charge in [0.25, 0.3) is 5.92 Å².